The van der Waals surface area contributed by atoms with E-state index in [1.165, 1.54) is 0 Å². The summed E-state index contributed by atoms with van der Waals surface area (Å²) in [6.45, 7) is 0. The quantitative estimate of drug-likeness (QED) is 0.648. The molecule has 0 aromatic carbocycles. The zero-order valence-electron chi connectivity index (χ0n) is 6.69. The second-order valence-electron chi connectivity index (χ2n) is 2.58. The largest absolute Gasteiger partial charge is 0.198 e. The molecular weight excluding hydrogens is 195 g/mol. The van der Waals surface area contributed by atoms with Crippen molar-refractivity contribution in [3.05, 3.63) is 0 Å². The van der Waals surface area contributed by atoms with E-state index < -0.39 is 4.87 Å². The van der Waals surface area contributed by atoms with Crippen molar-refractivity contribution in [2.45, 2.75) is 30.6 Å². The molecule has 0 aliphatic heterocycles. The van der Waals surface area contributed by atoms with Gasteiger partial charge in [0.1, 0.15) is 0 Å². The van der Waals surface area contributed by atoms with Crippen LogP contribution >= 0.6 is 23.2 Å². The number of rotatable bonds is 5. The summed E-state index contributed by atoms with van der Waals surface area (Å²) in [6.07, 6.45) is 1.74. The average molecular weight is 205 g/mol. The van der Waals surface area contributed by atoms with Crippen LogP contribution in [0.25, 0.3) is 0 Å². The van der Waals surface area contributed by atoms with Crippen LogP contribution in [-0.4, -0.2) is 10.8 Å². The fraction of sp³-hybridized carbons (Fsp3) is 0.750. The third-order valence-electron chi connectivity index (χ3n) is 1.62. The van der Waals surface area contributed by atoms with Crippen LogP contribution in [0.5, 0.6) is 0 Å². The van der Waals surface area contributed by atoms with E-state index in [4.69, 9.17) is 33.7 Å². The number of halogens is 2. The normalized spacial score (nSPS) is 14.3. The molecular formula is C8H10Cl2N2. The van der Waals surface area contributed by atoms with Crippen LogP contribution in [0.4, 0.5) is 0 Å². The van der Waals surface area contributed by atoms with Crippen molar-refractivity contribution in [1.29, 1.82) is 10.5 Å². The first-order valence-electron chi connectivity index (χ1n) is 3.67. The van der Waals surface area contributed by atoms with Gasteiger partial charge in [-0.25, -0.2) is 0 Å². The Kier molecular flexibility index (Phi) is 5.89. The highest BCUT2D eigenvalue weighted by atomic mass is 35.5. The summed E-state index contributed by atoms with van der Waals surface area (Å²) in [4.78, 5) is -0.591. The summed E-state index contributed by atoms with van der Waals surface area (Å²) in [6, 6.07) is 4.01. The fourth-order valence-corrected chi connectivity index (χ4v) is 1.60. The molecule has 0 aliphatic carbocycles. The predicted molar refractivity (Wildman–Crippen MR) is 49.0 cm³/mol. The topological polar surface area (TPSA) is 47.6 Å². The second-order valence-corrected chi connectivity index (χ2v) is 3.76. The Morgan fingerprint density at radius 2 is 1.83 bits per heavy atom. The van der Waals surface area contributed by atoms with Crippen LogP contribution in [0, 0.1) is 22.7 Å². The van der Waals surface area contributed by atoms with Crippen LogP contribution < -0.4 is 0 Å². The van der Waals surface area contributed by atoms with Gasteiger partial charge in [0.2, 0.25) is 0 Å². The molecule has 0 heterocycles. The molecule has 0 aromatic heterocycles. The Balaban J connectivity index is 4.02. The number of nitrogens with zero attached hydrogens (tertiary/aromatic N) is 2. The van der Waals surface area contributed by atoms with Crippen LogP contribution in [0.3, 0.4) is 0 Å². The highest BCUT2D eigenvalue weighted by Crippen LogP contribution is 2.29. The van der Waals surface area contributed by atoms with Gasteiger partial charge in [0.25, 0.3) is 0 Å². The lowest BCUT2D eigenvalue weighted by molar-refractivity contribution is 0.531. The van der Waals surface area contributed by atoms with Gasteiger partial charge in [0.15, 0.2) is 0 Å². The molecule has 1 unspecified atom stereocenters. The van der Waals surface area contributed by atoms with E-state index in [2.05, 4.69) is 0 Å². The standard InChI is InChI=1S/C8H10Cl2N2/c9-5-3-8(10,4-7-12)2-1-6-11/h1-5H2. The monoisotopic (exact) mass is 204 g/mol. The van der Waals surface area contributed by atoms with Crippen molar-refractivity contribution < 1.29 is 0 Å². The highest BCUT2D eigenvalue weighted by Gasteiger charge is 2.25. The van der Waals surface area contributed by atoms with Gasteiger partial charge in [-0.3, -0.25) is 0 Å². The van der Waals surface area contributed by atoms with Crippen molar-refractivity contribution in [3.63, 3.8) is 0 Å². The molecule has 0 radical (unpaired) electrons. The zero-order valence-corrected chi connectivity index (χ0v) is 8.20. The minimum Gasteiger partial charge on any atom is -0.198 e. The van der Waals surface area contributed by atoms with E-state index in [0.29, 0.717) is 25.1 Å². The van der Waals surface area contributed by atoms with Gasteiger partial charge >= 0.3 is 0 Å². The maximum Gasteiger partial charge on any atom is 0.0640 e. The van der Waals surface area contributed by atoms with E-state index in [0.717, 1.165) is 0 Å². The Bertz CT molecular complexity index is 204. The maximum absolute atomic E-state index is 8.47. The van der Waals surface area contributed by atoms with Crippen LogP contribution in [0.15, 0.2) is 0 Å². The summed E-state index contributed by atoms with van der Waals surface area (Å²) in [7, 11) is 0. The van der Waals surface area contributed by atoms with E-state index >= 15 is 0 Å². The summed E-state index contributed by atoms with van der Waals surface area (Å²) >= 11 is 11.6. The molecule has 0 aromatic rings. The first-order valence-corrected chi connectivity index (χ1v) is 4.58. The molecule has 2 nitrogen and oxygen atoms in total. The predicted octanol–water partition coefficient (Wildman–Crippen LogP) is 2.81. The molecule has 0 aliphatic rings. The Labute approximate surface area is 82.7 Å². The zero-order chi connectivity index (χ0) is 9.45. The molecule has 0 fully saturated rings. The van der Waals surface area contributed by atoms with Gasteiger partial charge in [-0.15, -0.1) is 23.2 Å². The van der Waals surface area contributed by atoms with Gasteiger partial charge in [0.05, 0.1) is 23.4 Å². The minimum atomic E-state index is -0.591. The molecule has 66 valence electrons. The second kappa shape index (κ2) is 6.12. The molecule has 0 saturated carbocycles. The summed E-state index contributed by atoms with van der Waals surface area (Å²) in [5.41, 5.74) is 0. The lowest BCUT2D eigenvalue weighted by Crippen LogP contribution is -2.21. The molecule has 4 heteroatoms. The SMILES string of the molecule is N#CCCC(Cl)(CC#N)CCCl. The van der Waals surface area contributed by atoms with E-state index in [-0.39, 0.29) is 6.42 Å². The van der Waals surface area contributed by atoms with E-state index in [1.807, 2.05) is 12.1 Å². The first-order chi connectivity index (χ1) is 5.68. The Hall–Kier alpha value is -0.440. The van der Waals surface area contributed by atoms with E-state index in [1.54, 1.807) is 0 Å². The van der Waals surface area contributed by atoms with Gasteiger partial charge in [-0.05, 0) is 12.8 Å². The Morgan fingerprint density at radius 1 is 1.17 bits per heavy atom. The molecule has 0 rings (SSSR count). The molecule has 1 atom stereocenters. The first kappa shape index (κ1) is 11.6. The molecule has 0 N–H and O–H groups in total. The third-order valence-corrected chi connectivity index (χ3v) is 2.32. The smallest absolute Gasteiger partial charge is 0.0640 e. The lowest BCUT2D eigenvalue weighted by Gasteiger charge is -2.21. The van der Waals surface area contributed by atoms with Gasteiger partial charge in [-0.1, -0.05) is 0 Å². The highest BCUT2D eigenvalue weighted by molar-refractivity contribution is 6.25. The molecule has 12 heavy (non-hydrogen) atoms. The Morgan fingerprint density at radius 3 is 2.25 bits per heavy atom. The average Bonchev–Trinajstić information content (AvgIpc) is 2.02. The number of hydrogen-bond donors (Lipinski definition) is 0. The lowest BCUT2D eigenvalue weighted by atomic mass is 9.96. The number of alkyl halides is 2. The van der Waals surface area contributed by atoms with Crippen molar-refractivity contribution in [3.8, 4) is 12.1 Å². The van der Waals surface area contributed by atoms with Gasteiger partial charge in [0, 0.05) is 12.3 Å². The van der Waals surface area contributed by atoms with Crippen LogP contribution in [0.1, 0.15) is 25.7 Å². The van der Waals surface area contributed by atoms with Crippen LogP contribution in [0.2, 0.25) is 0 Å². The number of hydrogen-bond acceptors (Lipinski definition) is 2. The maximum atomic E-state index is 8.47. The van der Waals surface area contributed by atoms with Crippen LogP contribution in [-0.2, 0) is 0 Å². The van der Waals surface area contributed by atoms with Crippen molar-refractivity contribution >= 4 is 23.2 Å². The number of nitriles is 2. The minimum absolute atomic E-state index is 0.253. The van der Waals surface area contributed by atoms with Crippen molar-refractivity contribution in [2.75, 3.05) is 5.88 Å². The fourth-order valence-electron chi connectivity index (χ4n) is 0.893. The molecule has 0 saturated heterocycles. The third kappa shape index (κ3) is 4.44. The summed E-state index contributed by atoms with van der Waals surface area (Å²) < 4.78 is 0. The van der Waals surface area contributed by atoms with Crippen molar-refractivity contribution in [1.82, 2.24) is 0 Å². The summed E-state index contributed by atoms with van der Waals surface area (Å²) in [5, 5.41) is 16.8. The van der Waals surface area contributed by atoms with Gasteiger partial charge < -0.3 is 0 Å². The summed E-state index contributed by atoms with van der Waals surface area (Å²) in [5.74, 6) is 0.427. The molecule has 0 bridgehead atoms. The molecule has 0 amide bonds. The molecule has 0 spiro atoms. The van der Waals surface area contributed by atoms with Crippen molar-refractivity contribution in [2.24, 2.45) is 0 Å². The van der Waals surface area contributed by atoms with E-state index in [9.17, 15) is 0 Å². The van der Waals surface area contributed by atoms with Gasteiger partial charge in [-0.2, -0.15) is 10.5 Å².